The van der Waals surface area contributed by atoms with Crippen LogP contribution in [0.3, 0.4) is 0 Å². The summed E-state index contributed by atoms with van der Waals surface area (Å²) in [5, 5.41) is 13.7. The Morgan fingerprint density at radius 1 is 1.25 bits per heavy atom. The number of nitrogens with zero attached hydrogens (tertiary/aromatic N) is 1. The molecule has 0 aliphatic heterocycles. The van der Waals surface area contributed by atoms with E-state index in [9.17, 15) is 14.9 Å². The third-order valence-corrected chi connectivity index (χ3v) is 7.53. The predicted molar refractivity (Wildman–Crippen MR) is 128 cm³/mol. The smallest absolute Gasteiger partial charge is 0.341 e. The maximum absolute atomic E-state index is 13.0. The first-order valence-corrected chi connectivity index (χ1v) is 12.4. The van der Waals surface area contributed by atoms with E-state index >= 15 is 0 Å². The molecule has 1 N–H and O–H groups in total. The van der Waals surface area contributed by atoms with Gasteiger partial charge in [-0.2, -0.15) is 5.26 Å². The Morgan fingerprint density at radius 3 is 2.62 bits per heavy atom. The molecule has 5 nitrogen and oxygen atoms in total. The lowest BCUT2D eigenvalue weighted by molar-refractivity contribution is -0.120. The maximum atomic E-state index is 13.0. The molecule has 0 radical (unpaired) electrons. The number of hydrogen-bond acceptors (Lipinski definition) is 5. The van der Waals surface area contributed by atoms with Gasteiger partial charge in [-0.05, 0) is 43.7 Å². The Hall–Kier alpha value is -2.65. The average Bonchev–Trinajstić information content (AvgIpc) is 3.16. The van der Waals surface area contributed by atoms with Gasteiger partial charge < -0.3 is 10.1 Å². The van der Waals surface area contributed by atoms with Crippen molar-refractivity contribution >= 4 is 28.2 Å². The van der Waals surface area contributed by atoms with Crippen molar-refractivity contribution in [2.45, 2.75) is 71.1 Å². The first-order chi connectivity index (χ1) is 15.5. The van der Waals surface area contributed by atoms with Crippen LogP contribution in [0, 0.1) is 17.2 Å². The number of ether oxygens (including phenoxy) is 1. The molecule has 0 unspecified atom stereocenters. The number of carbonyl (C=O) groups excluding carboxylic acids is 2. The Kier molecular flexibility index (Phi) is 8.09. The molecule has 1 heterocycles. The van der Waals surface area contributed by atoms with Crippen LogP contribution in [0.4, 0.5) is 5.00 Å². The number of anilines is 1. The van der Waals surface area contributed by atoms with E-state index in [1.165, 1.54) is 11.3 Å². The van der Waals surface area contributed by atoms with Crippen LogP contribution in [0.5, 0.6) is 0 Å². The van der Waals surface area contributed by atoms with Gasteiger partial charge in [0.1, 0.15) is 5.00 Å². The molecule has 2 atom stereocenters. The number of benzene rings is 1. The molecule has 0 bridgehead atoms. The third kappa shape index (κ3) is 4.88. The van der Waals surface area contributed by atoms with Gasteiger partial charge in [0.05, 0.1) is 23.7 Å². The predicted octanol–water partition coefficient (Wildman–Crippen LogP) is 6.03. The van der Waals surface area contributed by atoms with Crippen LogP contribution in [0.15, 0.2) is 30.3 Å². The standard InChI is InChI=1S/C26H32N2O3S/c1-4-7-11-18(5-2)23(29)28-24-22(25(30)31-6-3)20-14-15-26(17-27,16-21(20)32-24)19-12-9-8-10-13-19/h8-10,12-13,18H,4-7,11,14-16H2,1-3H3,(H,28,29)/t18-,26-/m1/s1. The second kappa shape index (κ2) is 10.8. The van der Waals surface area contributed by atoms with Crippen LogP contribution in [-0.2, 0) is 27.8 Å². The molecular weight excluding hydrogens is 420 g/mol. The van der Waals surface area contributed by atoms with Gasteiger partial charge >= 0.3 is 5.97 Å². The largest absolute Gasteiger partial charge is 0.462 e. The molecule has 32 heavy (non-hydrogen) atoms. The van der Waals surface area contributed by atoms with Crippen molar-refractivity contribution in [3.63, 3.8) is 0 Å². The summed E-state index contributed by atoms with van der Waals surface area (Å²) in [7, 11) is 0. The Labute approximate surface area is 194 Å². The van der Waals surface area contributed by atoms with Crippen molar-refractivity contribution in [1.29, 1.82) is 5.26 Å². The van der Waals surface area contributed by atoms with Gasteiger partial charge in [0.2, 0.25) is 5.91 Å². The Morgan fingerprint density at radius 2 is 2.00 bits per heavy atom. The van der Waals surface area contributed by atoms with Crippen molar-refractivity contribution < 1.29 is 14.3 Å². The maximum Gasteiger partial charge on any atom is 0.341 e. The summed E-state index contributed by atoms with van der Waals surface area (Å²) in [6.07, 6.45) is 5.40. The van der Waals surface area contributed by atoms with Gasteiger partial charge in [0, 0.05) is 17.2 Å². The third-order valence-electron chi connectivity index (χ3n) is 6.38. The van der Waals surface area contributed by atoms with Crippen molar-refractivity contribution in [1.82, 2.24) is 0 Å². The highest BCUT2D eigenvalue weighted by atomic mass is 32.1. The highest BCUT2D eigenvalue weighted by molar-refractivity contribution is 7.17. The zero-order chi connectivity index (χ0) is 23.1. The lowest BCUT2D eigenvalue weighted by Crippen LogP contribution is -2.31. The topological polar surface area (TPSA) is 79.2 Å². The monoisotopic (exact) mass is 452 g/mol. The van der Waals surface area contributed by atoms with E-state index in [1.54, 1.807) is 6.92 Å². The molecule has 1 amide bonds. The van der Waals surface area contributed by atoms with Gasteiger partial charge in [-0.1, -0.05) is 57.0 Å². The molecule has 1 aliphatic rings. The van der Waals surface area contributed by atoms with E-state index in [4.69, 9.17) is 4.74 Å². The van der Waals surface area contributed by atoms with Gasteiger partial charge in [0.25, 0.3) is 0 Å². The molecule has 1 aliphatic carbocycles. The number of nitrogens with one attached hydrogen (secondary N) is 1. The van der Waals surface area contributed by atoms with E-state index in [2.05, 4.69) is 18.3 Å². The van der Waals surface area contributed by atoms with E-state index in [-0.39, 0.29) is 18.4 Å². The number of unbranched alkanes of at least 4 members (excludes halogenated alkanes) is 1. The second-order valence-corrected chi connectivity index (χ2v) is 9.51. The van der Waals surface area contributed by atoms with Crippen molar-refractivity contribution in [3.05, 3.63) is 51.9 Å². The van der Waals surface area contributed by atoms with E-state index in [1.807, 2.05) is 37.3 Å². The van der Waals surface area contributed by atoms with E-state index in [0.29, 0.717) is 29.8 Å². The fraction of sp³-hybridized carbons (Fsp3) is 0.500. The summed E-state index contributed by atoms with van der Waals surface area (Å²) in [4.78, 5) is 26.8. The summed E-state index contributed by atoms with van der Waals surface area (Å²) in [5.74, 6) is -0.516. The quantitative estimate of drug-likeness (QED) is 0.471. The van der Waals surface area contributed by atoms with Crippen LogP contribution in [0.2, 0.25) is 0 Å². The molecule has 1 aromatic heterocycles. The molecule has 0 fully saturated rings. The Balaban J connectivity index is 1.96. The number of amides is 1. The average molecular weight is 453 g/mol. The van der Waals surface area contributed by atoms with Crippen molar-refractivity contribution in [2.75, 3.05) is 11.9 Å². The van der Waals surface area contributed by atoms with Crippen LogP contribution >= 0.6 is 11.3 Å². The fourth-order valence-corrected chi connectivity index (χ4v) is 5.83. The molecule has 0 saturated heterocycles. The molecule has 0 spiro atoms. The van der Waals surface area contributed by atoms with E-state index in [0.717, 1.165) is 41.7 Å². The summed E-state index contributed by atoms with van der Waals surface area (Å²) in [5.41, 5.74) is 1.77. The number of fused-ring (bicyclic) bond motifs is 1. The molecule has 1 aromatic carbocycles. The van der Waals surface area contributed by atoms with Gasteiger partial charge in [-0.15, -0.1) is 11.3 Å². The van der Waals surface area contributed by atoms with Crippen LogP contribution in [0.25, 0.3) is 0 Å². The van der Waals surface area contributed by atoms with Crippen LogP contribution in [-0.4, -0.2) is 18.5 Å². The Bertz CT molecular complexity index is 992. The minimum atomic E-state index is -0.626. The highest BCUT2D eigenvalue weighted by Gasteiger charge is 2.40. The summed E-state index contributed by atoms with van der Waals surface area (Å²) in [6, 6.07) is 12.4. The molecular formula is C26H32N2O3S. The molecule has 3 rings (SSSR count). The van der Waals surface area contributed by atoms with Gasteiger partial charge in [-0.25, -0.2) is 4.79 Å². The minimum absolute atomic E-state index is 0.0419. The zero-order valence-electron chi connectivity index (χ0n) is 19.2. The normalized spacial score (nSPS) is 18.3. The van der Waals surface area contributed by atoms with Crippen LogP contribution in [0.1, 0.15) is 79.2 Å². The fourth-order valence-electron chi connectivity index (χ4n) is 4.48. The SMILES string of the molecule is CCCC[C@@H](CC)C(=O)Nc1sc2c(c1C(=O)OCC)CC[C@@](C#N)(c1ccccc1)C2. The van der Waals surface area contributed by atoms with Crippen molar-refractivity contribution in [3.8, 4) is 6.07 Å². The molecule has 170 valence electrons. The zero-order valence-corrected chi connectivity index (χ0v) is 20.0. The number of nitriles is 1. The number of carbonyl (C=O) groups is 2. The molecule has 0 saturated carbocycles. The van der Waals surface area contributed by atoms with Gasteiger partial charge in [0.15, 0.2) is 0 Å². The summed E-state index contributed by atoms with van der Waals surface area (Å²) >= 11 is 1.42. The number of hydrogen-bond donors (Lipinski definition) is 1. The first kappa shape index (κ1) is 24.0. The summed E-state index contributed by atoms with van der Waals surface area (Å²) < 4.78 is 5.34. The second-order valence-electron chi connectivity index (χ2n) is 8.40. The summed E-state index contributed by atoms with van der Waals surface area (Å²) in [6.45, 7) is 6.19. The lowest BCUT2D eigenvalue weighted by atomic mass is 9.70. The number of esters is 1. The van der Waals surface area contributed by atoms with Crippen LogP contribution < -0.4 is 5.32 Å². The van der Waals surface area contributed by atoms with Gasteiger partial charge in [-0.3, -0.25) is 4.79 Å². The van der Waals surface area contributed by atoms with Crippen molar-refractivity contribution in [2.24, 2.45) is 5.92 Å². The minimum Gasteiger partial charge on any atom is -0.462 e. The number of thiophene rings is 1. The molecule has 2 aromatic rings. The first-order valence-electron chi connectivity index (χ1n) is 11.6. The lowest BCUT2D eigenvalue weighted by Gasteiger charge is -2.31. The van der Waals surface area contributed by atoms with E-state index < -0.39 is 11.4 Å². The number of rotatable bonds is 9. The molecule has 6 heteroatoms. The highest BCUT2D eigenvalue weighted by Crippen LogP contribution is 2.45.